The molecule has 2 heterocycles. The second-order valence-electron chi connectivity index (χ2n) is 5.18. The number of rotatable bonds is 3. The number of amides is 2. The van der Waals surface area contributed by atoms with Crippen molar-refractivity contribution in [2.24, 2.45) is 0 Å². The van der Waals surface area contributed by atoms with Gasteiger partial charge in [-0.2, -0.15) is 0 Å². The van der Waals surface area contributed by atoms with E-state index in [-0.39, 0.29) is 6.03 Å². The second kappa shape index (κ2) is 6.95. The van der Waals surface area contributed by atoms with Crippen molar-refractivity contribution >= 4 is 33.5 Å². The number of carbonyl (C=O) groups is 1. The van der Waals surface area contributed by atoms with E-state index in [0.29, 0.717) is 23.6 Å². The maximum absolute atomic E-state index is 12.2. The number of methoxy groups -OCH3 is 1. The molecule has 3 rings (SSSR count). The summed E-state index contributed by atoms with van der Waals surface area (Å²) in [5, 5.41) is 2.76. The Labute approximate surface area is 143 Å². The van der Waals surface area contributed by atoms with Crippen molar-refractivity contribution in [3.63, 3.8) is 0 Å². The van der Waals surface area contributed by atoms with Crippen LogP contribution in [0.15, 0.2) is 45.5 Å². The van der Waals surface area contributed by atoms with Crippen LogP contribution in [-0.4, -0.2) is 44.2 Å². The van der Waals surface area contributed by atoms with E-state index in [1.165, 1.54) is 0 Å². The SMILES string of the molecule is COc1ccccc1N1CCN(C(=O)Nc2ccc(Br)o2)CC1. The first kappa shape index (κ1) is 15.7. The number of halogens is 1. The number of para-hydroxylation sites is 2. The molecular formula is C16H18BrN3O3. The van der Waals surface area contributed by atoms with E-state index in [2.05, 4.69) is 26.1 Å². The van der Waals surface area contributed by atoms with Crippen molar-refractivity contribution in [3.05, 3.63) is 41.1 Å². The molecule has 0 bridgehead atoms. The number of anilines is 2. The molecule has 1 saturated heterocycles. The lowest BCUT2D eigenvalue weighted by Crippen LogP contribution is -2.50. The van der Waals surface area contributed by atoms with E-state index in [1.807, 2.05) is 24.3 Å². The molecule has 7 heteroatoms. The van der Waals surface area contributed by atoms with Crippen LogP contribution in [0.25, 0.3) is 0 Å². The zero-order valence-electron chi connectivity index (χ0n) is 12.8. The molecule has 0 atom stereocenters. The van der Waals surface area contributed by atoms with Crippen molar-refractivity contribution in [1.29, 1.82) is 0 Å². The van der Waals surface area contributed by atoms with E-state index >= 15 is 0 Å². The van der Waals surface area contributed by atoms with E-state index in [1.54, 1.807) is 24.1 Å². The zero-order chi connectivity index (χ0) is 16.2. The first-order chi connectivity index (χ1) is 11.2. The summed E-state index contributed by atoms with van der Waals surface area (Å²) in [5.41, 5.74) is 1.06. The minimum atomic E-state index is -0.147. The van der Waals surface area contributed by atoms with Crippen molar-refractivity contribution in [2.75, 3.05) is 43.5 Å². The third kappa shape index (κ3) is 3.61. The Morgan fingerprint density at radius 1 is 1.17 bits per heavy atom. The van der Waals surface area contributed by atoms with Crippen molar-refractivity contribution < 1.29 is 13.9 Å². The summed E-state index contributed by atoms with van der Waals surface area (Å²) in [6.07, 6.45) is 0. The number of ether oxygens (including phenoxy) is 1. The fraction of sp³-hybridized carbons (Fsp3) is 0.312. The number of urea groups is 1. The van der Waals surface area contributed by atoms with Crippen LogP contribution in [0.3, 0.4) is 0 Å². The van der Waals surface area contributed by atoms with Crippen LogP contribution in [-0.2, 0) is 0 Å². The quantitative estimate of drug-likeness (QED) is 0.887. The van der Waals surface area contributed by atoms with Gasteiger partial charge in [-0.05, 0) is 34.1 Å². The average molecular weight is 380 g/mol. The Morgan fingerprint density at radius 2 is 1.91 bits per heavy atom. The first-order valence-corrected chi connectivity index (χ1v) is 8.16. The van der Waals surface area contributed by atoms with Gasteiger partial charge in [-0.25, -0.2) is 4.79 Å². The second-order valence-corrected chi connectivity index (χ2v) is 5.96. The lowest BCUT2D eigenvalue weighted by atomic mass is 10.2. The summed E-state index contributed by atoms with van der Waals surface area (Å²) in [4.78, 5) is 16.2. The number of hydrogen-bond acceptors (Lipinski definition) is 4. The summed E-state index contributed by atoms with van der Waals surface area (Å²) in [6.45, 7) is 2.81. The van der Waals surface area contributed by atoms with Crippen molar-refractivity contribution in [2.45, 2.75) is 0 Å². The highest BCUT2D eigenvalue weighted by Crippen LogP contribution is 2.28. The largest absolute Gasteiger partial charge is 0.495 e. The molecule has 122 valence electrons. The molecule has 0 spiro atoms. The first-order valence-electron chi connectivity index (χ1n) is 7.36. The molecule has 1 aromatic heterocycles. The highest BCUT2D eigenvalue weighted by molar-refractivity contribution is 9.10. The van der Waals surface area contributed by atoms with Crippen LogP contribution in [0.2, 0.25) is 0 Å². The smallest absolute Gasteiger partial charge is 0.324 e. The van der Waals surface area contributed by atoms with E-state index in [4.69, 9.17) is 9.15 Å². The molecule has 2 aromatic rings. The average Bonchev–Trinajstić information content (AvgIpc) is 3.00. The van der Waals surface area contributed by atoms with Crippen molar-refractivity contribution in [3.8, 4) is 5.75 Å². The fourth-order valence-electron chi connectivity index (χ4n) is 2.61. The Balaban J connectivity index is 1.58. The highest BCUT2D eigenvalue weighted by atomic mass is 79.9. The van der Waals surface area contributed by atoms with Gasteiger partial charge in [0.2, 0.25) is 5.88 Å². The summed E-state index contributed by atoms with van der Waals surface area (Å²) < 4.78 is 11.3. The van der Waals surface area contributed by atoms with Crippen LogP contribution in [0.1, 0.15) is 0 Å². The number of piperazine rings is 1. The van der Waals surface area contributed by atoms with Crippen LogP contribution in [0.5, 0.6) is 5.75 Å². The molecule has 0 aliphatic carbocycles. The fourth-order valence-corrected chi connectivity index (χ4v) is 2.91. The number of carbonyl (C=O) groups excluding carboxylic acids is 1. The number of nitrogens with one attached hydrogen (secondary N) is 1. The molecule has 1 aromatic carbocycles. The molecular weight excluding hydrogens is 362 g/mol. The van der Waals surface area contributed by atoms with Gasteiger partial charge >= 0.3 is 6.03 Å². The summed E-state index contributed by atoms with van der Waals surface area (Å²) >= 11 is 3.22. The molecule has 1 N–H and O–H groups in total. The van der Waals surface area contributed by atoms with Gasteiger partial charge in [0.15, 0.2) is 4.67 Å². The minimum Gasteiger partial charge on any atom is -0.495 e. The Morgan fingerprint density at radius 3 is 2.57 bits per heavy atom. The van der Waals surface area contributed by atoms with Gasteiger partial charge in [-0.3, -0.25) is 5.32 Å². The molecule has 1 fully saturated rings. The zero-order valence-corrected chi connectivity index (χ0v) is 14.4. The molecule has 1 aliphatic rings. The lowest BCUT2D eigenvalue weighted by Gasteiger charge is -2.36. The van der Waals surface area contributed by atoms with Gasteiger partial charge in [0.05, 0.1) is 12.8 Å². The number of nitrogens with zero attached hydrogens (tertiary/aromatic N) is 2. The summed E-state index contributed by atoms with van der Waals surface area (Å²) in [7, 11) is 1.67. The maximum atomic E-state index is 12.2. The lowest BCUT2D eigenvalue weighted by molar-refractivity contribution is 0.207. The standard InChI is InChI=1S/C16H18BrN3O3/c1-22-13-5-3-2-4-12(13)19-8-10-20(11-9-19)16(21)18-15-7-6-14(17)23-15/h2-7H,8-11H2,1H3,(H,18,21). The highest BCUT2D eigenvalue weighted by Gasteiger charge is 2.23. The predicted molar refractivity (Wildman–Crippen MR) is 92.2 cm³/mol. The van der Waals surface area contributed by atoms with Gasteiger partial charge in [0.1, 0.15) is 5.75 Å². The maximum Gasteiger partial charge on any atom is 0.324 e. The van der Waals surface area contributed by atoms with Crippen molar-refractivity contribution in [1.82, 2.24) is 4.90 Å². The predicted octanol–water partition coefficient (Wildman–Crippen LogP) is 3.40. The Bertz CT molecular complexity index is 681. The molecule has 0 saturated carbocycles. The Hall–Kier alpha value is -2.15. The molecule has 1 aliphatic heterocycles. The van der Waals surface area contributed by atoms with E-state index in [9.17, 15) is 4.79 Å². The third-order valence-corrected chi connectivity index (χ3v) is 4.22. The normalized spacial score (nSPS) is 14.7. The third-order valence-electron chi connectivity index (χ3n) is 3.80. The monoisotopic (exact) mass is 379 g/mol. The minimum absolute atomic E-state index is 0.147. The Kier molecular flexibility index (Phi) is 4.76. The van der Waals surface area contributed by atoms with Crippen LogP contribution >= 0.6 is 15.9 Å². The van der Waals surface area contributed by atoms with Gasteiger partial charge in [0.25, 0.3) is 0 Å². The molecule has 2 amide bonds. The van der Waals surface area contributed by atoms with Gasteiger partial charge in [-0.15, -0.1) is 0 Å². The summed E-state index contributed by atoms with van der Waals surface area (Å²) in [6, 6.07) is 11.2. The van der Waals surface area contributed by atoms with Gasteiger partial charge < -0.3 is 19.0 Å². The molecule has 0 unspecified atom stereocenters. The van der Waals surface area contributed by atoms with Gasteiger partial charge in [-0.1, -0.05) is 12.1 Å². The molecule has 23 heavy (non-hydrogen) atoms. The van der Waals surface area contributed by atoms with Gasteiger partial charge in [0, 0.05) is 32.2 Å². The van der Waals surface area contributed by atoms with Crippen LogP contribution < -0.4 is 15.0 Å². The number of hydrogen-bond donors (Lipinski definition) is 1. The van der Waals surface area contributed by atoms with Crippen LogP contribution in [0.4, 0.5) is 16.4 Å². The molecule has 0 radical (unpaired) electrons. The molecule has 6 nitrogen and oxygen atoms in total. The van der Waals surface area contributed by atoms with E-state index < -0.39 is 0 Å². The summed E-state index contributed by atoms with van der Waals surface area (Å²) in [5.74, 6) is 1.29. The van der Waals surface area contributed by atoms with Crippen LogP contribution in [0, 0.1) is 0 Å². The van der Waals surface area contributed by atoms with E-state index in [0.717, 1.165) is 24.5 Å². The number of furan rings is 1. The topological polar surface area (TPSA) is 58.0 Å². The number of benzene rings is 1.